The molecule has 5 nitrogen and oxygen atoms in total. The van der Waals surface area contributed by atoms with Gasteiger partial charge in [-0.1, -0.05) is 39.0 Å². The maximum absolute atomic E-state index is 12.5. The van der Waals surface area contributed by atoms with Crippen LogP contribution in [-0.2, 0) is 18.7 Å². The summed E-state index contributed by atoms with van der Waals surface area (Å²) in [5, 5.41) is 0.100. The molecule has 1 saturated heterocycles. The lowest BCUT2D eigenvalue weighted by Crippen LogP contribution is -2.43. The van der Waals surface area contributed by atoms with E-state index >= 15 is 0 Å². The van der Waals surface area contributed by atoms with E-state index < -0.39 is 8.32 Å². The number of carbonyl (C=O) groups excluding carboxylic acids is 2. The van der Waals surface area contributed by atoms with Gasteiger partial charge >= 0.3 is 11.9 Å². The lowest BCUT2D eigenvalue weighted by molar-refractivity contribution is -0.141. The van der Waals surface area contributed by atoms with Crippen LogP contribution in [-0.4, -0.2) is 39.1 Å². The minimum Gasteiger partial charge on any atom is -0.462 e. The van der Waals surface area contributed by atoms with Gasteiger partial charge in [-0.05, 0) is 30.3 Å². The fourth-order valence-electron chi connectivity index (χ4n) is 3.62. The van der Waals surface area contributed by atoms with E-state index in [1.54, 1.807) is 12.1 Å². The van der Waals surface area contributed by atoms with Crippen LogP contribution in [0.15, 0.2) is 30.3 Å². The van der Waals surface area contributed by atoms with Crippen LogP contribution in [0.25, 0.3) is 0 Å². The minimum atomic E-state index is -1.93. The molecule has 0 bridgehead atoms. The zero-order chi connectivity index (χ0) is 19.8. The first kappa shape index (κ1) is 20.1. The van der Waals surface area contributed by atoms with Crippen LogP contribution in [0, 0.1) is 11.8 Å². The van der Waals surface area contributed by atoms with Crippen molar-refractivity contribution < 1.29 is 23.5 Å². The van der Waals surface area contributed by atoms with Crippen molar-refractivity contribution in [2.45, 2.75) is 64.0 Å². The molecule has 148 valence electrons. The summed E-state index contributed by atoms with van der Waals surface area (Å²) >= 11 is 0. The number of esters is 2. The van der Waals surface area contributed by atoms with Gasteiger partial charge in [0, 0.05) is 24.9 Å². The average molecular weight is 391 g/mol. The minimum absolute atomic E-state index is 0.0109. The molecule has 0 radical (unpaired) electrons. The Bertz CT molecular complexity index is 694. The van der Waals surface area contributed by atoms with Crippen molar-refractivity contribution >= 4 is 20.3 Å². The SMILES string of the molecule is CC(C)(C)[Si](C)(C)OC[C@@H]1[C@H]2CC(=O)O[C@H]2C[C@H]1OC(=O)c1ccccc1. The van der Waals surface area contributed by atoms with E-state index in [2.05, 4.69) is 33.9 Å². The highest BCUT2D eigenvalue weighted by Crippen LogP contribution is 2.44. The van der Waals surface area contributed by atoms with Gasteiger partial charge < -0.3 is 13.9 Å². The molecular formula is C21H30O5Si. The zero-order valence-electron chi connectivity index (χ0n) is 16.9. The van der Waals surface area contributed by atoms with E-state index in [1.807, 2.05) is 18.2 Å². The van der Waals surface area contributed by atoms with Crippen LogP contribution in [0.3, 0.4) is 0 Å². The maximum atomic E-state index is 12.5. The third-order valence-electron chi connectivity index (χ3n) is 6.37. The van der Waals surface area contributed by atoms with Crippen molar-refractivity contribution in [2.75, 3.05) is 6.61 Å². The highest BCUT2D eigenvalue weighted by atomic mass is 28.4. The molecule has 2 aliphatic rings. The standard InChI is InChI=1S/C21H30O5Si/c1-21(2,3)27(4,5)24-13-16-15-11-19(22)25-17(15)12-18(16)26-20(23)14-9-7-6-8-10-14/h6-10,15-18H,11-13H2,1-5H3/t15-,16-,17+,18-/m1/s1. The van der Waals surface area contributed by atoms with Crippen LogP contribution in [0.2, 0.25) is 18.1 Å². The molecular weight excluding hydrogens is 360 g/mol. The first-order chi connectivity index (χ1) is 12.6. The molecule has 6 heteroatoms. The molecule has 4 atom stereocenters. The summed E-state index contributed by atoms with van der Waals surface area (Å²) < 4.78 is 17.7. The van der Waals surface area contributed by atoms with E-state index in [0.29, 0.717) is 25.0 Å². The van der Waals surface area contributed by atoms with Crippen LogP contribution in [0.5, 0.6) is 0 Å². The van der Waals surface area contributed by atoms with Crippen LogP contribution >= 0.6 is 0 Å². The number of fused-ring (bicyclic) bond motifs is 1. The van der Waals surface area contributed by atoms with Gasteiger partial charge in [0.2, 0.25) is 0 Å². The predicted octanol–water partition coefficient (Wildman–Crippen LogP) is 4.19. The summed E-state index contributed by atoms with van der Waals surface area (Å²) in [4.78, 5) is 24.3. The Labute approximate surface area is 162 Å². The van der Waals surface area contributed by atoms with Gasteiger partial charge in [0.05, 0.1) is 12.0 Å². The molecule has 0 amide bonds. The summed E-state index contributed by atoms with van der Waals surface area (Å²) in [6, 6.07) is 9.00. The Morgan fingerprint density at radius 2 is 1.89 bits per heavy atom. The first-order valence-electron chi connectivity index (χ1n) is 9.68. The van der Waals surface area contributed by atoms with Crippen molar-refractivity contribution in [3.63, 3.8) is 0 Å². The monoisotopic (exact) mass is 390 g/mol. The Morgan fingerprint density at radius 1 is 1.22 bits per heavy atom. The van der Waals surface area contributed by atoms with Crippen LogP contribution in [0.1, 0.15) is 44.0 Å². The lowest BCUT2D eigenvalue weighted by atomic mass is 9.93. The van der Waals surface area contributed by atoms with Crippen molar-refractivity contribution in [2.24, 2.45) is 11.8 Å². The molecule has 1 aromatic rings. The molecule has 0 N–H and O–H groups in total. The quantitative estimate of drug-likeness (QED) is 0.557. The van der Waals surface area contributed by atoms with Crippen molar-refractivity contribution in [1.82, 2.24) is 0 Å². The molecule has 1 aromatic carbocycles. The van der Waals surface area contributed by atoms with E-state index in [9.17, 15) is 9.59 Å². The Hall–Kier alpha value is -1.66. The molecule has 1 aliphatic heterocycles. The smallest absolute Gasteiger partial charge is 0.338 e. The fraction of sp³-hybridized carbons (Fsp3) is 0.619. The van der Waals surface area contributed by atoms with Gasteiger partial charge in [-0.15, -0.1) is 0 Å². The molecule has 1 saturated carbocycles. The van der Waals surface area contributed by atoms with Crippen molar-refractivity contribution in [3.05, 3.63) is 35.9 Å². The number of benzene rings is 1. The zero-order valence-corrected chi connectivity index (χ0v) is 17.9. The van der Waals surface area contributed by atoms with Crippen molar-refractivity contribution in [1.29, 1.82) is 0 Å². The lowest BCUT2D eigenvalue weighted by Gasteiger charge is -2.38. The summed E-state index contributed by atoms with van der Waals surface area (Å²) in [6.07, 6.45) is 0.487. The summed E-state index contributed by atoms with van der Waals surface area (Å²) in [6.45, 7) is 11.5. The molecule has 27 heavy (non-hydrogen) atoms. The van der Waals surface area contributed by atoms with Gasteiger partial charge in [-0.2, -0.15) is 0 Å². The normalized spacial score (nSPS) is 28.0. The Balaban J connectivity index is 1.72. The highest BCUT2D eigenvalue weighted by Gasteiger charge is 2.52. The molecule has 1 heterocycles. The molecule has 0 spiro atoms. The number of ether oxygens (including phenoxy) is 2. The molecule has 3 rings (SSSR count). The third-order valence-corrected chi connectivity index (χ3v) is 10.9. The van der Waals surface area contributed by atoms with E-state index in [-0.39, 0.29) is 41.0 Å². The Morgan fingerprint density at radius 3 is 2.52 bits per heavy atom. The second-order valence-corrected chi connectivity index (χ2v) is 14.0. The number of hydrogen-bond acceptors (Lipinski definition) is 5. The van der Waals surface area contributed by atoms with Crippen LogP contribution in [0.4, 0.5) is 0 Å². The van der Waals surface area contributed by atoms with Gasteiger partial charge in [0.25, 0.3) is 0 Å². The number of carbonyl (C=O) groups is 2. The van der Waals surface area contributed by atoms with E-state index in [1.165, 1.54) is 0 Å². The first-order valence-corrected chi connectivity index (χ1v) is 12.6. The summed E-state index contributed by atoms with van der Waals surface area (Å²) in [5.74, 6) is -0.432. The molecule has 1 aliphatic carbocycles. The van der Waals surface area contributed by atoms with Gasteiger partial charge in [-0.3, -0.25) is 4.79 Å². The number of hydrogen-bond donors (Lipinski definition) is 0. The van der Waals surface area contributed by atoms with E-state index in [4.69, 9.17) is 13.9 Å². The van der Waals surface area contributed by atoms with Crippen molar-refractivity contribution in [3.8, 4) is 0 Å². The average Bonchev–Trinajstić information content (AvgIpc) is 3.08. The van der Waals surface area contributed by atoms with E-state index in [0.717, 1.165) is 0 Å². The summed E-state index contributed by atoms with van der Waals surface area (Å²) in [5.41, 5.74) is 0.538. The predicted molar refractivity (Wildman–Crippen MR) is 105 cm³/mol. The molecule has 2 fully saturated rings. The second kappa shape index (κ2) is 7.39. The van der Waals surface area contributed by atoms with Gasteiger partial charge in [0.15, 0.2) is 8.32 Å². The maximum Gasteiger partial charge on any atom is 0.338 e. The molecule has 0 unspecified atom stereocenters. The Kier molecular flexibility index (Phi) is 5.50. The third kappa shape index (κ3) is 4.27. The number of rotatable bonds is 5. The van der Waals surface area contributed by atoms with Gasteiger partial charge in [0.1, 0.15) is 12.2 Å². The van der Waals surface area contributed by atoms with Crippen LogP contribution < -0.4 is 0 Å². The fourth-order valence-corrected chi connectivity index (χ4v) is 4.67. The highest BCUT2D eigenvalue weighted by molar-refractivity contribution is 6.74. The largest absolute Gasteiger partial charge is 0.462 e. The van der Waals surface area contributed by atoms with Gasteiger partial charge in [-0.25, -0.2) is 4.79 Å². The summed E-state index contributed by atoms with van der Waals surface area (Å²) in [7, 11) is -1.93. The topological polar surface area (TPSA) is 61.8 Å². The molecule has 0 aromatic heterocycles. The second-order valence-electron chi connectivity index (χ2n) is 9.18.